The highest BCUT2D eigenvalue weighted by atomic mass is 35.5. The van der Waals surface area contributed by atoms with Gasteiger partial charge in [-0.2, -0.15) is 0 Å². The normalized spacial score (nSPS) is 10.7. The lowest BCUT2D eigenvalue weighted by Gasteiger charge is -2.28. The highest BCUT2D eigenvalue weighted by molar-refractivity contribution is 6.30. The van der Waals surface area contributed by atoms with Gasteiger partial charge in [0.2, 0.25) is 5.91 Å². The summed E-state index contributed by atoms with van der Waals surface area (Å²) in [6.07, 6.45) is 1.50. The number of amides is 1. The minimum Gasteiger partial charge on any atom is -0.352 e. The summed E-state index contributed by atoms with van der Waals surface area (Å²) in [6, 6.07) is 7.48. The van der Waals surface area contributed by atoms with E-state index in [0.717, 1.165) is 18.4 Å². The molecule has 1 aromatic rings. The molecule has 0 atom stereocenters. The van der Waals surface area contributed by atoms with Gasteiger partial charge in [0.25, 0.3) is 0 Å². The third kappa shape index (κ3) is 4.68. The second kappa shape index (κ2) is 8.41. The molecule has 0 spiro atoms. The molecule has 0 heterocycles. The van der Waals surface area contributed by atoms with Crippen molar-refractivity contribution < 1.29 is 4.79 Å². The Hall–Kier alpha value is -0.770. The molecule has 5 heteroatoms. The molecule has 3 N–H and O–H groups in total. The lowest BCUT2D eigenvalue weighted by atomic mass is 9.81. The van der Waals surface area contributed by atoms with Gasteiger partial charge in [-0.15, -0.1) is 12.4 Å². The molecular formula is C14H22Cl2N2O. The predicted octanol–water partition coefficient (Wildman–Crippen LogP) is 3.14. The summed E-state index contributed by atoms with van der Waals surface area (Å²) in [6.45, 7) is 4.85. The van der Waals surface area contributed by atoms with Crippen LogP contribution in [0.2, 0.25) is 5.02 Å². The van der Waals surface area contributed by atoms with Crippen molar-refractivity contribution in [2.45, 2.75) is 33.2 Å². The van der Waals surface area contributed by atoms with Crippen LogP contribution in [0.1, 0.15) is 32.3 Å². The monoisotopic (exact) mass is 304 g/mol. The number of halogens is 2. The van der Waals surface area contributed by atoms with E-state index < -0.39 is 5.41 Å². The number of rotatable bonds is 6. The van der Waals surface area contributed by atoms with Crippen LogP contribution >= 0.6 is 24.0 Å². The summed E-state index contributed by atoms with van der Waals surface area (Å²) in [5, 5.41) is 3.62. The van der Waals surface area contributed by atoms with Gasteiger partial charge in [-0.25, -0.2) is 0 Å². The Morgan fingerprint density at radius 3 is 2.47 bits per heavy atom. The fourth-order valence-electron chi connectivity index (χ4n) is 1.97. The van der Waals surface area contributed by atoms with Gasteiger partial charge in [-0.05, 0) is 30.5 Å². The molecule has 0 aromatic heterocycles. The smallest absolute Gasteiger partial charge is 0.227 e. The van der Waals surface area contributed by atoms with Gasteiger partial charge in [0.15, 0.2) is 0 Å². The SMILES string of the molecule is CCC(CC)(CN)C(=O)NCc1cccc(Cl)c1.Cl. The molecule has 0 aliphatic heterocycles. The first kappa shape index (κ1) is 18.2. The minimum absolute atomic E-state index is 0. The van der Waals surface area contributed by atoms with Crippen molar-refractivity contribution in [3.05, 3.63) is 34.9 Å². The Bertz CT molecular complexity index is 398. The Kier molecular flexibility index (Phi) is 8.07. The Morgan fingerprint density at radius 2 is 2.00 bits per heavy atom. The summed E-state index contributed by atoms with van der Waals surface area (Å²) >= 11 is 5.90. The van der Waals surface area contributed by atoms with Crippen LogP contribution in [-0.4, -0.2) is 12.5 Å². The summed E-state index contributed by atoms with van der Waals surface area (Å²) in [5.74, 6) is 0.0231. The van der Waals surface area contributed by atoms with Gasteiger partial charge >= 0.3 is 0 Å². The van der Waals surface area contributed by atoms with Gasteiger partial charge in [0, 0.05) is 18.1 Å². The highest BCUT2D eigenvalue weighted by Gasteiger charge is 2.32. The first-order valence-electron chi connectivity index (χ1n) is 6.30. The summed E-state index contributed by atoms with van der Waals surface area (Å²) in [4.78, 5) is 12.2. The average Bonchev–Trinajstić information content (AvgIpc) is 2.39. The first-order chi connectivity index (χ1) is 8.57. The molecule has 19 heavy (non-hydrogen) atoms. The van der Waals surface area contributed by atoms with Gasteiger partial charge in [0.05, 0.1) is 5.41 Å². The van der Waals surface area contributed by atoms with E-state index in [1.807, 2.05) is 38.1 Å². The van der Waals surface area contributed by atoms with Crippen molar-refractivity contribution in [3.8, 4) is 0 Å². The van der Waals surface area contributed by atoms with E-state index in [1.165, 1.54) is 0 Å². The zero-order valence-corrected chi connectivity index (χ0v) is 13.0. The lowest BCUT2D eigenvalue weighted by molar-refractivity contribution is -0.131. The quantitative estimate of drug-likeness (QED) is 0.848. The number of benzene rings is 1. The van der Waals surface area contributed by atoms with Gasteiger partial charge in [-0.1, -0.05) is 37.6 Å². The second-order valence-electron chi connectivity index (χ2n) is 4.50. The van der Waals surface area contributed by atoms with Crippen molar-refractivity contribution in [1.82, 2.24) is 5.32 Å². The number of carbonyl (C=O) groups excluding carboxylic acids is 1. The van der Waals surface area contributed by atoms with Crippen molar-refractivity contribution >= 4 is 29.9 Å². The minimum atomic E-state index is -0.446. The maximum atomic E-state index is 12.2. The zero-order valence-electron chi connectivity index (χ0n) is 11.4. The van der Waals surface area contributed by atoms with Crippen LogP contribution in [0.3, 0.4) is 0 Å². The molecule has 0 saturated heterocycles. The molecular weight excluding hydrogens is 283 g/mol. The molecule has 0 aliphatic rings. The van der Waals surface area contributed by atoms with Crippen LogP contribution in [0.5, 0.6) is 0 Å². The molecule has 1 amide bonds. The third-order valence-electron chi connectivity index (χ3n) is 3.57. The molecule has 0 fully saturated rings. The topological polar surface area (TPSA) is 55.1 Å². The van der Waals surface area contributed by atoms with Crippen LogP contribution in [0.25, 0.3) is 0 Å². The first-order valence-corrected chi connectivity index (χ1v) is 6.68. The highest BCUT2D eigenvalue weighted by Crippen LogP contribution is 2.25. The fraction of sp³-hybridized carbons (Fsp3) is 0.500. The van der Waals surface area contributed by atoms with Crippen LogP contribution in [0.4, 0.5) is 0 Å². The van der Waals surface area contributed by atoms with Crippen molar-refractivity contribution in [1.29, 1.82) is 0 Å². The van der Waals surface area contributed by atoms with Crippen molar-refractivity contribution in [2.75, 3.05) is 6.54 Å². The third-order valence-corrected chi connectivity index (χ3v) is 3.80. The predicted molar refractivity (Wildman–Crippen MR) is 82.6 cm³/mol. The van der Waals surface area contributed by atoms with E-state index in [4.69, 9.17) is 17.3 Å². The summed E-state index contributed by atoms with van der Waals surface area (Å²) in [5.41, 5.74) is 6.29. The molecule has 0 unspecified atom stereocenters. The maximum Gasteiger partial charge on any atom is 0.227 e. The molecule has 108 valence electrons. The number of carbonyl (C=O) groups is 1. The van der Waals surface area contributed by atoms with E-state index in [9.17, 15) is 4.79 Å². The standard InChI is InChI=1S/C14H21ClN2O.ClH/c1-3-14(4-2,10-16)13(18)17-9-11-6-5-7-12(15)8-11;/h5-8H,3-4,9-10,16H2,1-2H3,(H,17,18);1H. The Balaban J connectivity index is 0.00000324. The van der Waals surface area contributed by atoms with E-state index in [0.29, 0.717) is 18.1 Å². The van der Waals surface area contributed by atoms with E-state index in [2.05, 4.69) is 5.32 Å². The van der Waals surface area contributed by atoms with Crippen molar-refractivity contribution in [2.24, 2.45) is 11.1 Å². The van der Waals surface area contributed by atoms with Crippen molar-refractivity contribution in [3.63, 3.8) is 0 Å². The number of nitrogens with one attached hydrogen (secondary N) is 1. The van der Waals surface area contributed by atoms with Crippen LogP contribution in [0.15, 0.2) is 24.3 Å². The fourth-order valence-corrected chi connectivity index (χ4v) is 2.18. The van der Waals surface area contributed by atoms with Crippen LogP contribution in [-0.2, 0) is 11.3 Å². The van der Waals surface area contributed by atoms with Gasteiger partial charge in [0.1, 0.15) is 0 Å². The van der Waals surface area contributed by atoms with E-state index in [1.54, 1.807) is 0 Å². The Labute approximate surface area is 126 Å². The largest absolute Gasteiger partial charge is 0.352 e. The molecule has 1 aromatic carbocycles. The zero-order chi connectivity index (χ0) is 13.6. The molecule has 1 rings (SSSR count). The van der Waals surface area contributed by atoms with Crippen LogP contribution < -0.4 is 11.1 Å². The maximum absolute atomic E-state index is 12.2. The van der Waals surface area contributed by atoms with E-state index >= 15 is 0 Å². The van der Waals surface area contributed by atoms with Gasteiger partial charge in [-0.3, -0.25) is 4.79 Å². The number of nitrogens with two attached hydrogens (primary N) is 1. The second-order valence-corrected chi connectivity index (χ2v) is 4.94. The van der Waals surface area contributed by atoms with Gasteiger partial charge < -0.3 is 11.1 Å². The van der Waals surface area contributed by atoms with Crippen LogP contribution in [0, 0.1) is 5.41 Å². The average molecular weight is 305 g/mol. The number of hydrogen-bond acceptors (Lipinski definition) is 2. The summed E-state index contributed by atoms with van der Waals surface area (Å²) in [7, 11) is 0. The summed E-state index contributed by atoms with van der Waals surface area (Å²) < 4.78 is 0. The lowest BCUT2D eigenvalue weighted by Crippen LogP contribution is -2.45. The Morgan fingerprint density at radius 1 is 1.37 bits per heavy atom. The number of hydrogen-bond donors (Lipinski definition) is 2. The molecule has 0 bridgehead atoms. The molecule has 0 radical (unpaired) electrons. The molecule has 3 nitrogen and oxygen atoms in total. The molecule has 0 saturated carbocycles. The van der Waals surface area contributed by atoms with E-state index in [-0.39, 0.29) is 18.3 Å². The molecule has 0 aliphatic carbocycles.